The Balaban J connectivity index is 1.78. The summed E-state index contributed by atoms with van der Waals surface area (Å²) in [6, 6.07) is 15.0. The van der Waals surface area contributed by atoms with Crippen molar-refractivity contribution in [2.45, 2.75) is 32.6 Å². The van der Waals surface area contributed by atoms with Gasteiger partial charge in [0.1, 0.15) is 12.4 Å². The number of carboxylic acids is 1. The quantitative estimate of drug-likeness (QED) is 0.644. The highest BCUT2D eigenvalue weighted by atomic mass is 16.5. The molecular weight excluding hydrogens is 300 g/mol. The smallest absolute Gasteiger partial charge is 0.335 e. The third-order valence-corrected chi connectivity index (χ3v) is 3.81. The molecule has 2 aromatic rings. The standard InChI is InChI=1S/C21H24O3/c1-2-3-4-6-17-8-10-18(11-9-17)7-5-16-24-20-14-12-19(13-15-20)21(22)23/h5,7-15H,2-4,6,16H2,1H3,(H,22,23). The van der Waals surface area contributed by atoms with Gasteiger partial charge in [0.15, 0.2) is 0 Å². The normalized spacial score (nSPS) is 10.9. The van der Waals surface area contributed by atoms with Crippen molar-refractivity contribution in [3.63, 3.8) is 0 Å². The summed E-state index contributed by atoms with van der Waals surface area (Å²) < 4.78 is 5.57. The van der Waals surface area contributed by atoms with Gasteiger partial charge in [-0.2, -0.15) is 0 Å². The lowest BCUT2D eigenvalue weighted by Crippen LogP contribution is -1.97. The van der Waals surface area contributed by atoms with Crippen molar-refractivity contribution in [3.05, 3.63) is 71.3 Å². The maximum Gasteiger partial charge on any atom is 0.335 e. The number of unbranched alkanes of at least 4 members (excludes halogenated alkanes) is 2. The summed E-state index contributed by atoms with van der Waals surface area (Å²) in [5.41, 5.74) is 2.80. The Labute approximate surface area is 143 Å². The second-order valence-electron chi connectivity index (χ2n) is 5.74. The van der Waals surface area contributed by atoms with Crippen LogP contribution in [-0.2, 0) is 6.42 Å². The van der Waals surface area contributed by atoms with E-state index >= 15 is 0 Å². The molecule has 3 heteroatoms. The fraction of sp³-hybridized carbons (Fsp3) is 0.286. The molecule has 0 saturated carbocycles. The lowest BCUT2D eigenvalue weighted by atomic mass is 10.1. The summed E-state index contributed by atoms with van der Waals surface area (Å²) in [6.07, 6.45) is 8.92. The molecule has 0 saturated heterocycles. The first kappa shape index (κ1) is 17.8. The summed E-state index contributed by atoms with van der Waals surface area (Å²) in [4.78, 5) is 10.8. The number of rotatable bonds is 9. The van der Waals surface area contributed by atoms with Gasteiger partial charge in [0.2, 0.25) is 0 Å². The van der Waals surface area contributed by atoms with Crippen LogP contribution >= 0.6 is 0 Å². The highest BCUT2D eigenvalue weighted by molar-refractivity contribution is 5.87. The molecule has 0 fully saturated rings. The van der Waals surface area contributed by atoms with Crippen molar-refractivity contribution in [3.8, 4) is 5.75 Å². The molecule has 0 amide bonds. The molecule has 0 radical (unpaired) electrons. The van der Waals surface area contributed by atoms with Gasteiger partial charge in [0.25, 0.3) is 0 Å². The van der Waals surface area contributed by atoms with E-state index in [9.17, 15) is 4.79 Å². The number of carboxylic acid groups (broad SMARTS) is 1. The van der Waals surface area contributed by atoms with Crippen LogP contribution in [0.15, 0.2) is 54.6 Å². The predicted octanol–water partition coefficient (Wildman–Crippen LogP) is 5.21. The van der Waals surface area contributed by atoms with Crippen LogP contribution in [0.2, 0.25) is 0 Å². The zero-order chi connectivity index (χ0) is 17.2. The molecule has 2 rings (SSSR count). The van der Waals surface area contributed by atoms with Crippen molar-refractivity contribution < 1.29 is 14.6 Å². The SMILES string of the molecule is CCCCCc1ccc(C=CCOc2ccc(C(=O)O)cc2)cc1. The van der Waals surface area contributed by atoms with Gasteiger partial charge in [0, 0.05) is 0 Å². The van der Waals surface area contributed by atoms with Gasteiger partial charge in [-0.1, -0.05) is 50.1 Å². The summed E-state index contributed by atoms with van der Waals surface area (Å²) in [5, 5.41) is 8.84. The Morgan fingerprint density at radius 1 is 1.04 bits per heavy atom. The van der Waals surface area contributed by atoms with E-state index in [4.69, 9.17) is 9.84 Å². The highest BCUT2D eigenvalue weighted by Crippen LogP contribution is 2.13. The number of hydrogen-bond donors (Lipinski definition) is 1. The molecule has 0 atom stereocenters. The monoisotopic (exact) mass is 324 g/mol. The van der Waals surface area contributed by atoms with Crippen LogP contribution < -0.4 is 4.74 Å². The third-order valence-electron chi connectivity index (χ3n) is 3.81. The molecule has 1 N–H and O–H groups in total. The lowest BCUT2D eigenvalue weighted by molar-refractivity contribution is 0.0697. The van der Waals surface area contributed by atoms with E-state index in [1.54, 1.807) is 24.3 Å². The van der Waals surface area contributed by atoms with E-state index in [2.05, 4.69) is 31.2 Å². The average Bonchev–Trinajstić information content (AvgIpc) is 2.60. The van der Waals surface area contributed by atoms with Gasteiger partial charge >= 0.3 is 5.97 Å². The number of ether oxygens (including phenoxy) is 1. The van der Waals surface area contributed by atoms with Gasteiger partial charge in [-0.15, -0.1) is 0 Å². The number of aryl methyl sites for hydroxylation is 1. The molecule has 0 aliphatic rings. The van der Waals surface area contributed by atoms with Gasteiger partial charge in [-0.25, -0.2) is 4.79 Å². The number of carbonyl (C=O) groups is 1. The molecule has 3 nitrogen and oxygen atoms in total. The molecule has 0 aliphatic carbocycles. The molecule has 0 aromatic heterocycles. The van der Waals surface area contributed by atoms with Crippen LogP contribution in [0.4, 0.5) is 0 Å². The van der Waals surface area contributed by atoms with E-state index < -0.39 is 5.97 Å². The molecule has 2 aromatic carbocycles. The first-order valence-electron chi connectivity index (χ1n) is 8.40. The minimum Gasteiger partial charge on any atom is -0.490 e. The fourth-order valence-corrected chi connectivity index (χ4v) is 2.40. The number of benzene rings is 2. The van der Waals surface area contributed by atoms with Gasteiger partial charge < -0.3 is 9.84 Å². The molecule has 0 aliphatic heterocycles. The first-order chi connectivity index (χ1) is 11.7. The molecule has 126 valence electrons. The Kier molecular flexibility index (Phi) is 7.09. The Morgan fingerprint density at radius 2 is 1.75 bits per heavy atom. The summed E-state index contributed by atoms with van der Waals surface area (Å²) >= 11 is 0. The topological polar surface area (TPSA) is 46.5 Å². The molecule has 0 heterocycles. The van der Waals surface area contributed by atoms with Crippen LogP contribution in [0.1, 0.15) is 47.7 Å². The zero-order valence-electron chi connectivity index (χ0n) is 14.1. The van der Waals surface area contributed by atoms with Crippen molar-refractivity contribution in [2.24, 2.45) is 0 Å². The first-order valence-corrected chi connectivity index (χ1v) is 8.40. The van der Waals surface area contributed by atoms with E-state index in [0.717, 1.165) is 12.0 Å². The van der Waals surface area contributed by atoms with Crippen LogP contribution in [0.3, 0.4) is 0 Å². The largest absolute Gasteiger partial charge is 0.490 e. The maximum absolute atomic E-state index is 10.8. The van der Waals surface area contributed by atoms with Gasteiger partial charge in [-0.05, 0) is 54.3 Å². The Bertz CT molecular complexity index is 654. The summed E-state index contributed by atoms with van der Waals surface area (Å²) in [7, 11) is 0. The maximum atomic E-state index is 10.8. The summed E-state index contributed by atoms with van der Waals surface area (Å²) in [5.74, 6) is -0.268. The second kappa shape index (κ2) is 9.56. The minimum absolute atomic E-state index is 0.261. The van der Waals surface area contributed by atoms with Crippen molar-refractivity contribution in [1.82, 2.24) is 0 Å². The average molecular weight is 324 g/mol. The number of hydrogen-bond acceptors (Lipinski definition) is 2. The third kappa shape index (κ3) is 5.92. The fourth-order valence-electron chi connectivity index (χ4n) is 2.40. The molecule has 24 heavy (non-hydrogen) atoms. The van der Waals surface area contributed by atoms with Crippen molar-refractivity contribution in [1.29, 1.82) is 0 Å². The van der Waals surface area contributed by atoms with Crippen LogP contribution in [0.25, 0.3) is 6.08 Å². The molecular formula is C21H24O3. The molecule has 0 bridgehead atoms. The number of aromatic carboxylic acids is 1. The minimum atomic E-state index is -0.931. The van der Waals surface area contributed by atoms with Gasteiger partial charge in [-0.3, -0.25) is 0 Å². The Morgan fingerprint density at radius 3 is 2.38 bits per heavy atom. The van der Waals surface area contributed by atoms with Crippen LogP contribution in [-0.4, -0.2) is 17.7 Å². The van der Waals surface area contributed by atoms with E-state index in [1.165, 1.54) is 24.8 Å². The molecule has 0 spiro atoms. The van der Waals surface area contributed by atoms with Crippen molar-refractivity contribution >= 4 is 12.0 Å². The summed E-state index contributed by atoms with van der Waals surface area (Å²) in [6.45, 7) is 2.67. The van der Waals surface area contributed by atoms with Crippen molar-refractivity contribution in [2.75, 3.05) is 6.61 Å². The van der Waals surface area contributed by atoms with E-state index in [1.807, 2.05) is 12.2 Å². The van der Waals surface area contributed by atoms with Crippen LogP contribution in [0, 0.1) is 0 Å². The van der Waals surface area contributed by atoms with Crippen LogP contribution in [0.5, 0.6) is 5.75 Å². The Hall–Kier alpha value is -2.55. The lowest BCUT2D eigenvalue weighted by Gasteiger charge is -2.03. The van der Waals surface area contributed by atoms with Gasteiger partial charge in [0.05, 0.1) is 5.56 Å². The van der Waals surface area contributed by atoms with E-state index in [0.29, 0.717) is 12.4 Å². The predicted molar refractivity (Wildman–Crippen MR) is 97.6 cm³/mol. The second-order valence-corrected chi connectivity index (χ2v) is 5.74. The van der Waals surface area contributed by atoms with E-state index in [-0.39, 0.29) is 5.56 Å². The highest BCUT2D eigenvalue weighted by Gasteiger charge is 2.01. The molecule has 0 unspecified atom stereocenters. The zero-order valence-corrected chi connectivity index (χ0v) is 14.1.